The third kappa shape index (κ3) is 3.58. The number of benzene rings is 1. The summed E-state index contributed by atoms with van der Waals surface area (Å²) < 4.78 is 1.31. The molecule has 0 radical (unpaired) electrons. The van der Waals surface area contributed by atoms with E-state index in [1.165, 1.54) is 40.6 Å². The van der Waals surface area contributed by atoms with E-state index in [0.717, 1.165) is 5.02 Å². The number of rotatable bonds is 5. The molecular formula is C15H17ClS. The van der Waals surface area contributed by atoms with Gasteiger partial charge in [0.15, 0.2) is 0 Å². The monoisotopic (exact) mass is 264 g/mol. The van der Waals surface area contributed by atoms with Crippen molar-refractivity contribution >= 4 is 39.1 Å². The zero-order chi connectivity index (χ0) is 12.1. The number of fused-ring (bicyclic) bond motifs is 1. The first-order chi connectivity index (χ1) is 8.29. The minimum absolute atomic E-state index is 0.814. The van der Waals surface area contributed by atoms with E-state index in [0.29, 0.717) is 0 Å². The van der Waals surface area contributed by atoms with Gasteiger partial charge < -0.3 is 0 Å². The lowest BCUT2D eigenvalue weighted by atomic mass is 10.2. The normalized spacial score (nSPS) is 11.6. The van der Waals surface area contributed by atoms with Gasteiger partial charge in [-0.1, -0.05) is 37.4 Å². The van der Waals surface area contributed by atoms with Crippen molar-refractivity contribution in [2.24, 2.45) is 0 Å². The van der Waals surface area contributed by atoms with Gasteiger partial charge in [-0.25, -0.2) is 0 Å². The summed E-state index contributed by atoms with van der Waals surface area (Å²) in [4.78, 5) is 1.32. The SMILES string of the molecule is CCCCC/C=C/c1cc2cc(Cl)ccc2s1. The lowest BCUT2D eigenvalue weighted by molar-refractivity contribution is 0.730. The molecule has 0 aliphatic carbocycles. The first kappa shape index (κ1) is 12.7. The van der Waals surface area contributed by atoms with Crippen molar-refractivity contribution in [3.63, 3.8) is 0 Å². The predicted octanol–water partition coefficient (Wildman–Crippen LogP) is 6.15. The van der Waals surface area contributed by atoms with Gasteiger partial charge >= 0.3 is 0 Å². The molecule has 0 atom stereocenters. The van der Waals surface area contributed by atoms with Gasteiger partial charge in [0.25, 0.3) is 0 Å². The largest absolute Gasteiger partial charge is 0.136 e. The Balaban J connectivity index is 2.04. The molecule has 0 nitrogen and oxygen atoms in total. The van der Waals surface area contributed by atoms with E-state index < -0.39 is 0 Å². The van der Waals surface area contributed by atoms with Gasteiger partial charge in [0.05, 0.1) is 0 Å². The molecule has 0 aliphatic heterocycles. The molecule has 0 saturated carbocycles. The molecule has 90 valence electrons. The first-order valence-corrected chi connectivity index (χ1v) is 7.34. The van der Waals surface area contributed by atoms with Crippen molar-refractivity contribution in [3.05, 3.63) is 40.2 Å². The van der Waals surface area contributed by atoms with Crippen molar-refractivity contribution in [1.82, 2.24) is 0 Å². The molecule has 1 aromatic carbocycles. The summed E-state index contributed by atoms with van der Waals surface area (Å²) in [5.74, 6) is 0. The molecule has 0 amide bonds. The molecule has 0 aliphatic rings. The van der Waals surface area contributed by atoms with E-state index >= 15 is 0 Å². The van der Waals surface area contributed by atoms with Gasteiger partial charge in [0.2, 0.25) is 0 Å². The highest BCUT2D eigenvalue weighted by molar-refractivity contribution is 7.19. The minimum atomic E-state index is 0.814. The van der Waals surface area contributed by atoms with E-state index in [1.807, 2.05) is 23.5 Å². The molecule has 1 heterocycles. The zero-order valence-electron chi connectivity index (χ0n) is 10.1. The second-order valence-electron chi connectivity index (χ2n) is 4.23. The summed E-state index contributed by atoms with van der Waals surface area (Å²) >= 11 is 7.80. The maximum Gasteiger partial charge on any atom is 0.0412 e. The van der Waals surface area contributed by atoms with E-state index in [9.17, 15) is 0 Å². The summed E-state index contributed by atoms with van der Waals surface area (Å²) in [6.45, 7) is 2.24. The maximum atomic E-state index is 5.98. The van der Waals surface area contributed by atoms with Gasteiger partial charge in [-0.3, -0.25) is 0 Å². The van der Waals surface area contributed by atoms with E-state index in [1.54, 1.807) is 0 Å². The number of hydrogen-bond acceptors (Lipinski definition) is 1. The molecule has 2 heteroatoms. The third-order valence-electron chi connectivity index (χ3n) is 2.75. The molecule has 2 rings (SSSR count). The highest BCUT2D eigenvalue weighted by atomic mass is 35.5. The Labute approximate surface area is 112 Å². The summed E-state index contributed by atoms with van der Waals surface area (Å²) in [5, 5.41) is 2.06. The zero-order valence-corrected chi connectivity index (χ0v) is 11.7. The number of halogens is 1. The molecule has 17 heavy (non-hydrogen) atoms. The second-order valence-corrected chi connectivity index (χ2v) is 5.78. The fraction of sp³-hybridized carbons (Fsp3) is 0.333. The van der Waals surface area contributed by atoms with Crippen LogP contribution in [-0.4, -0.2) is 0 Å². The van der Waals surface area contributed by atoms with Gasteiger partial charge in [-0.15, -0.1) is 11.3 Å². The lowest BCUT2D eigenvalue weighted by Gasteiger charge is -1.90. The van der Waals surface area contributed by atoms with Crippen molar-refractivity contribution < 1.29 is 0 Å². The second kappa shape index (κ2) is 6.23. The minimum Gasteiger partial charge on any atom is -0.136 e. The van der Waals surface area contributed by atoms with Crippen LogP contribution in [0, 0.1) is 0 Å². The van der Waals surface area contributed by atoms with Gasteiger partial charge in [0.1, 0.15) is 0 Å². The van der Waals surface area contributed by atoms with E-state index in [2.05, 4.69) is 31.2 Å². The number of hydrogen-bond donors (Lipinski definition) is 0. The van der Waals surface area contributed by atoms with Crippen LogP contribution in [-0.2, 0) is 0 Å². The van der Waals surface area contributed by atoms with Crippen LogP contribution in [0.15, 0.2) is 30.3 Å². The van der Waals surface area contributed by atoms with Crippen LogP contribution in [0.5, 0.6) is 0 Å². The summed E-state index contributed by atoms with van der Waals surface area (Å²) in [7, 11) is 0. The molecule has 0 N–H and O–H groups in total. The average molecular weight is 265 g/mol. The molecular weight excluding hydrogens is 248 g/mol. The molecule has 0 unspecified atom stereocenters. The van der Waals surface area contributed by atoms with Crippen LogP contribution in [0.1, 0.15) is 37.5 Å². The Morgan fingerprint density at radius 2 is 2.12 bits per heavy atom. The van der Waals surface area contributed by atoms with Crippen molar-refractivity contribution in [1.29, 1.82) is 0 Å². The summed E-state index contributed by atoms with van der Waals surface area (Å²) in [6, 6.07) is 8.29. The van der Waals surface area contributed by atoms with Crippen molar-refractivity contribution in [2.75, 3.05) is 0 Å². The van der Waals surface area contributed by atoms with Crippen LogP contribution in [0.25, 0.3) is 16.2 Å². The quantitative estimate of drug-likeness (QED) is 0.568. The number of thiophene rings is 1. The molecule has 0 fully saturated rings. The fourth-order valence-electron chi connectivity index (χ4n) is 1.83. The Morgan fingerprint density at radius 3 is 2.94 bits per heavy atom. The molecule has 0 saturated heterocycles. The van der Waals surface area contributed by atoms with Gasteiger partial charge in [-0.05, 0) is 48.6 Å². The van der Waals surface area contributed by atoms with Crippen LogP contribution in [0.4, 0.5) is 0 Å². The smallest absolute Gasteiger partial charge is 0.0412 e. The molecule has 2 aromatic rings. The van der Waals surface area contributed by atoms with Crippen LogP contribution >= 0.6 is 22.9 Å². The molecule has 1 aromatic heterocycles. The Bertz CT molecular complexity index is 511. The summed E-state index contributed by atoms with van der Waals surface area (Å²) in [5.41, 5.74) is 0. The van der Waals surface area contributed by atoms with Crippen LogP contribution < -0.4 is 0 Å². The highest BCUT2D eigenvalue weighted by Gasteiger charge is 1.99. The Kier molecular flexibility index (Phi) is 4.64. The first-order valence-electron chi connectivity index (χ1n) is 6.15. The molecule has 0 spiro atoms. The average Bonchev–Trinajstić information content (AvgIpc) is 2.70. The maximum absolute atomic E-state index is 5.98. The van der Waals surface area contributed by atoms with Gasteiger partial charge in [-0.2, -0.15) is 0 Å². The topological polar surface area (TPSA) is 0 Å². The predicted molar refractivity (Wildman–Crippen MR) is 80.0 cm³/mol. The number of allylic oxidation sites excluding steroid dienone is 1. The van der Waals surface area contributed by atoms with Crippen molar-refractivity contribution in [2.45, 2.75) is 32.6 Å². The van der Waals surface area contributed by atoms with E-state index in [-0.39, 0.29) is 0 Å². The van der Waals surface area contributed by atoms with Gasteiger partial charge in [0, 0.05) is 14.6 Å². The van der Waals surface area contributed by atoms with Crippen LogP contribution in [0.3, 0.4) is 0 Å². The lowest BCUT2D eigenvalue weighted by Crippen LogP contribution is -1.70. The highest BCUT2D eigenvalue weighted by Crippen LogP contribution is 2.28. The van der Waals surface area contributed by atoms with Crippen molar-refractivity contribution in [3.8, 4) is 0 Å². The Morgan fingerprint density at radius 1 is 1.24 bits per heavy atom. The Hall–Kier alpha value is -0.790. The number of unbranched alkanes of at least 4 members (excludes halogenated alkanes) is 3. The standard InChI is InChI=1S/C15H17ClS/c1-2-3-4-5-6-7-14-11-12-10-13(16)8-9-15(12)17-14/h6-11H,2-5H2,1H3/b7-6+. The van der Waals surface area contributed by atoms with Crippen LogP contribution in [0.2, 0.25) is 5.02 Å². The molecule has 0 bridgehead atoms. The fourth-order valence-corrected chi connectivity index (χ4v) is 2.98. The van der Waals surface area contributed by atoms with E-state index in [4.69, 9.17) is 11.6 Å². The summed E-state index contributed by atoms with van der Waals surface area (Å²) in [6.07, 6.45) is 9.60. The third-order valence-corrected chi connectivity index (χ3v) is 4.07.